The summed E-state index contributed by atoms with van der Waals surface area (Å²) in [6, 6.07) is 0. The molecule has 0 radical (unpaired) electrons. The van der Waals surface area contributed by atoms with Gasteiger partial charge in [0.25, 0.3) is 0 Å². The molecule has 382 valence electrons. The van der Waals surface area contributed by atoms with E-state index in [0.29, 0.717) is 19.3 Å². The van der Waals surface area contributed by atoms with Gasteiger partial charge < -0.3 is 14.2 Å². The van der Waals surface area contributed by atoms with Crippen LogP contribution < -0.4 is 0 Å². The molecule has 0 aromatic heterocycles. The lowest BCUT2D eigenvalue weighted by Crippen LogP contribution is -2.30. The highest BCUT2D eigenvalue weighted by Gasteiger charge is 2.19. The Labute approximate surface area is 409 Å². The summed E-state index contributed by atoms with van der Waals surface area (Å²) in [4.78, 5) is 38.1. The van der Waals surface area contributed by atoms with Crippen molar-refractivity contribution >= 4 is 17.9 Å². The fraction of sp³-hybridized carbons (Fsp3) is 0.783. The van der Waals surface area contributed by atoms with Gasteiger partial charge in [-0.2, -0.15) is 0 Å². The Morgan fingerprint density at radius 1 is 0.303 bits per heavy atom. The monoisotopic (exact) mass is 923 g/mol. The van der Waals surface area contributed by atoms with Gasteiger partial charge in [-0.05, 0) is 109 Å². The molecular formula is C60H106O6. The molecule has 0 amide bonds. The number of carbonyl (C=O) groups is 3. The van der Waals surface area contributed by atoms with E-state index in [-0.39, 0.29) is 31.1 Å². The van der Waals surface area contributed by atoms with Crippen molar-refractivity contribution in [3.05, 3.63) is 60.8 Å². The Kier molecular flexibility index (Phi) is 52.3. The quantitative estimate of drug-likeness (QED) is 0.0262. The summed E-state index contributed by atoms with van der Waals surface area (Å²) in [6.45, 7) is 6.57. The zero-order valence-electron chi connectivity index (χ0n) is 43.7. The highest BCUT2D eigenvalue weighted by molar-refractivity contribution is 5.71. The minimum absolute atomic E-state index is 0.0815. The molecule has 0 aromatic carbocycles. The fourth-order valence-corrected chi connectivity index (χ4v) is 7.91. The summed E-state index contributed by atoms with van der Waals surface area (Å²) >= 11 is 0. The first kappa shape index (κ1) is 63.1. The molecule has 0 bridgehead atoms. The van der Waals surface area contributed by atoms with Crippen LogP contribution in [0.25, 0.3) is 0 Å². The lowest BCUT2D eigenvalue weighted by molar-refractivity contribution is -0.167. The molecule has 6 nitrogen and oxygen atoms in total. The van der Waals surface area contributed by atoms with Gasteiger partial charge in [-0.1, -0.05) is 216 Å². The number of carbonyl (C=O) groups excluding carboxylic acids is 3. The second-order valence-corrected chi connectivity index (χ2v) is 18.8. The zero-order chi connectivity index (χ0) is 47.9. The molecule has 0 fully saturated rings. The summed E-state index contributed by atoms with van der Waals surface area (Å²) in [5.74, 6) is -0.894. The molecule has 6 heteroatoms. The van der Waals surface area contributed by atoms with E-state index in [1.807, 2.05) is 0 Å². The van der Waals surface area contributed by atoms with Crippen LogP contribution in [-0.2, 0) is 28.6 Å². The fourth-order valence-electron chi connectivity index (χ4n) is 7.91. The molecular weight excluding hydrogens is 817 g/mol. The van der Waals surface area contributed by atoms with Crippen LogP contribution in [0, 0.1) is 0 Å². The van der Waals surface area contributed by atoms with Crippen molar-refractivity contribution in [3.63, 3.8) is 0 Å². The smallest absolute Gasteiger partial charge is 0.306 e. The van der Waals surface area contributed by atoms with E-state index in [4.69, 9.17) is 14.2 Å². The van der Waals surface area contributed by atoms with Gasteiger partial charge in [0, 0.05) is 19.3 Å². The topological polar surface area (TPSA) is 78.9 Å². The standard InChI is InChI=1S/C60H106O6/c1-4-7-10-13-16-19-22-25-27-29-30-32-33-35-38-41-44-47-50-53-59(62)65-56-57(55-64-58(61)52-49-46-43-40-37-24-21-18-15-12-9-6-3)66-60(63)54-51-48-45-42-39-36-34-31-28-26-23-20-17-14-11-8-5-2/h16-21,25-28,57H,4-15,22-24,29-56H2,1-3H3/b19-16-,20-17-,21-18-,27-25-,28-26-/t57-/m1/s1. The maximum absolute atomic E-state index is 12.8. The minimum Gasteiger partial charge on any atom is -0.462 e. The maximum Gasteiger partial charge on any atom is 0.306 e. The summed E-state index contributed by atoms with van der Waals surface area (Å²) < 4.78 is 16.8. The van der Waals surface area contributed by atoms with Gasteiger partial charge in [-0.3, -0.25) is 14.4 Å². The molecule has 1 atom stereocenters. The Morgan fingerprint density at radius 3 is 0.848 bits per heavy atom. The third-order valence-corrected chi connectivity index (χ3v) is 12.2. The van der Waals surface area contributed by atoms with Gasteiger partial charge in [-0.15, -0.1) is 0 Å². The van der Waals surface area contributed by atoms with E-state index >= 15 is 0 Å². The Balaban J connectivity index is 4.36. The second kappa shape index (κ2) is 54.7. The average Bonchev–Trinajstić information content (AvgIpc) is 3.31. The van der Waals surface area contributed by atoms with E-state index in [1.54, 1.807) is 0 Å². The number of rotatable bonds is 51. The zero-order valence-corrected chi connectivity index (χ0v) is 43.7. The van der Waals surface area contributed by atoms with Crippen LogP contribution in [0.15, 0.2) is 60.8 Å². The molecule has 0 unspecified atom stereocenters. The lowest BCUT2D eigenvalue weighted by atomic mass is 10.1. The first-order valence-corrected chi connectivity index (χ1v) is 28.3. The predicted molar refractivity (Wildman–Crippen MR) is 284 cm³/mol. The number of hydrogen-bond donors (Lipinski definition) is 0. The number of ether oxygens (including phenoxy) is 3. The molecule has 0 aliphatic rings. The van der Waals surface area contributed by atoms with Crippen molar-refractivity contribution < 1.29 is 28.6 Å². The summed E-state index contributed by atoms with van der Waals surface area (Å²) in [7, 11) is 0. The number of unbranched alkanes of at least 4 members (excludes halogenated alkanes) is 30. The van der Waals surface area contributed by atoms with Gasteiger partial charge >= 0.3 is 17.9 Å². The summed E-state index contributed by atoms with van der Waals surface area (Å²) in [5, 5.41) is 0. The summed E-state index contributed by atoms with van der Waals surface area (Å²) in [5.41, 5.74) is 0. The van der Waals surface area contributed by atoms with Crippen molar-refractivity contribution in [1.82, 2.24) is 0 Å². The second-order valence-electron chi connectivity index (χ2n) is 18.8. The lowest BCUT2D eigenvalue weighted by Gasteiger charge is -2.18. The first-order chi connectivity index (χ1) is 32.5. The van der Waals surface area contributed by atoms with Crippen molar-refractivity contribution in [3.8, 4) is 0 Å². The molecule has 0 spiro atoms. The van der Waals surface area contributed by atoms with Gasteiger partial charge in [0.2, 0.25) is 0 Å². The molecule has 66 heavy (non-hydrogen) atoms. The molecule has 0 aliphatic heterocycles. The van der Waals surface area contributed by atoms with E-state index in [2.05, 4.69) is 81.5 Å². The molecule has 0 heterocycles. The third-order valence-electron chi connectivity index (χ3n) is 12.2. The SMILES string of the molecule is CCCCC/C=C\C/C=C\CCCCCCCCCCCC(=O)OC[C@@H](COC(=O)CCCCCCC/C=C\CCCCC)OC(=O)CCCCCCCCC/C=C\C/C=C\CCCCC. The molecule has 0 aliphatic carbocycles. The molecule has 0 saturated heterocycles. The van der Waals surface area contributed by atoms with Crippen molar-refractivity contribution in [1.29, 1.82) is 0 Å². The van der Waals surface area contributed by atoms with Crippen LogP contribution in [0.4, 0.5) is 0 Å². The average molecular weight is 924 g/mol. The van der Waals surface area contributed by atoms with Crippen LogP contribution in [0.1, 0.15) is 284 Å². The molecule has 0 rings (SSSR count). The number of hydrogen-bond acceptors (Lipinski definition) is 6. The van der Waals surface area contributed by atoms with Gasteiger partial charge in [0.1, 0.15) is 13.2 Å². The van der Waals surface area contributed by atoms with E-state index < -0.39 is 6.10 Å². The van der Waals surface area contributed by atoms with Gasteiger partial charge in [-0.25, -0.2) is 0 Å². The first-order valence-electron chi connectivity index (χ1n) is 28.3. The highest BCUT2D eigenvalue weighted by atomic mass is 16.6. The minimum atomic E-state index is -0.783. The van der Waals surface area contributed by atoms with E-state index in [0.717, 1.165) is 83.5 Å². The van der Waals surface area contributed by atoms with Gasteiger partial charge in [0.15, 0.2) is 6.10 Å². The van der Waals surface area contributed by atoms with E-state index in [1.165, 1.54) is 161 Å². The normalized spacial score (nSPS) is 12.5. The van der Waals surface area contributed by atoms with Crippen LogP contribution >= 0.6 is 0 Å². The number of allylic oxidation sites excluding steroid dienone is 10. The Hall–Kier alpha value is -2.89. The summed E-state index contributed by atoms with van der Waals surface area (Å²) in [6.07, 6.45) is 67.7. The van der Waals surface area contributed by atoms with Crippen LogP contribution in [0.3, 0.4) is 0 Å². The Bertz CT molecular complexity index is 1200. The maximum atomic E-state index is 12.8. The van der Waals surface area contributed by atoms with Crippen molar-refractivity contribution in [2.24, 2.45) is 0 Å². The van der Waals surface area contributed by atoms with Crippen LogP contribution in [0.2, 0.25) is 0 Å². The molecule has 0 saturated carbocycles. The van der Waals surface area contributed by atoms with Crippen LogP contribution in [-0.4, -0.2) is 37.2 Å². The molecule has 0 aromatic rings. The van der Waals surface area contributed by atoms with Crippen molar-refractivity contribution in [2.75, 3.05) is 13.2 Å². The van der Waals surface area contributed by atoms with Crippen molar-refractivity contribution in [2.45, 2.75) is 290 Å². The van der Waals surface area contributed by atoms with Crippen LogP contribution in [0.5, 0.6) is 0 Å². The highest BCUT2D eigenvalue weighted by Crippen LogP contribution is 2.15. The predicted octanol–water partition coefficient (Wildman–Crippen LogP) is 18.8. The van der Waals surface area contributed by atoms with Gasteiger partial charge in [0.05, 0.1) is 0 Å². The number of esters is 3. The van der Waals surface area contributed by atoms with E-state index in [9.17, 15) is 14.4 Å². The Morgan fingerprint density at radius 2 is 0.545 bits per heavy atom. The third kappa shape index (κ3) is 52.1. The molecule has 0 N–H and O–H groups in total. The largest absolute Gasteiger partial charge is 0.462 e.